The fourth-order valence-corrected chi connectivity index (χ4v) is 2.63. The molecule has 0 atom stereocenters. The lowest BCUT2D eigenvalue weighted by Crippen LogP contribution is -1.99. The highest BCUT2D eigenvalue weighted by atomic mass is 16.7. The van der Waals surface area contributed by atoms with Crippen LogP contribution in [0.3, 0.4) is 0 Å². The Morgan fingerprint density at radius 3 is 2.74 bits per heavy atom. The molecule has 4 heteroatoms. The first-order chi connectivity index (χ1) is 9.29. The number of carbonyl (C=O) groups is 1. The Kier molecular flexibility index (Phi) is 1.93. The van der Waals surface area contributed by atoms with E-state index in [1.807, 2.05) is 24.3 Å². The molecule has 0 unspecified atom stereocenters. The van der Waals surface area contributed by atoms with Gasteiger partial charge in [0.05, 0.1) is 12.7 Å². The first kappa shape index (κ1) is 10.4. The molecule has 1 aliphatic carbocycles. The molecule has 0 radical (unpaired) electrons. The largest absolute Gasteiger partial charge is 0.497 e. The molecule has 0 N–H and O–H groups in total. The molecule has 0 bridgehead atoms. The number of ketones is 1. The van der Waals surface area contributed by atoms with Crippen molar-refractivity contribution in [2.75, 3.05) is 13.9 Å². The zero-order valence-corrected chi connectivity index (χ0v) is 10.2. The van der Waals surface area contributed by atoms with Crippen LogP contribution < -0.4 is 14.2 Å². The summed E-state index contributed by atoms with van der Waals surface area (Å²) in [6.07, 6.45) is 0. The monoisotopic (exact) mass is 254 g/mol. The van der Waals surface area contributed by atoms with Crippen molar-refractivity contribution < 1.29 is 19.0 Å². The molecular formula is C15H10O4. The molecule has 0 saturated carbocycles. The molecular weight excluding hydrogens is 244 g/mol. The van der Waals surface area contributed by atoms with Gasteiger partial charge in [0.2, 0.25) is 6.79 Å². The van der Waals surface area contributed by atoms with Crippen molar-refractivity contribution in [1.82, 2.24) is 0 Å². The lowest BCUT2D eigenvalue weighted by Gasteiger charge is -2.03. The van der Waals surface area contributed by atoms with Crippen LogP contribution in [-0.2, 0) is 0 Å². The zero-order chi connectivity index (χ0) is 13.0. The minimum Gasteiger partial charge on any atom is -0.497 e. The van der Waals surface area contributed by atoms with Crippen molar-refractivity contribution in [3.63, 3.8) is 0 Å². The normalized spacial score (nSPS) is 14.3. The fraction of sp³-hybridized carbons (Fsp3) is 0.133. The van der Waals surface area contributed by atoms with E-state index in [1.165, 1.54) is 0 Å². The Balaban J connectivity index is 2.00. The number of ether oxygens (including phenoxy) is 3. The molecule has 1 heterocycles. The van der Waals surface area contributed by atoms with E-state index in [9.17, 15) is 4.79 Å². The number of rotatable bonds is 1. The first-order valence-corrected chi connectivity index (χ1v) is 5.95. The van der Waals surface area contributed by atoms with Crippen molar-refractivity contribution in [3.05, 3.63) is 41.5 Å². The average Bonchev–Trinajstić information content (AvgIpc) is 3.02. The summed E-state index contributed by atoms with van der Waals surface area (Å²) in [5.41, 5.74) is 3.06. The Morgan fingerprint density at radius 2 is 1.89 bits per heavy atom. The van der Waals surface area contributed by atoms with Gasteiger partial charge >= 0.3 is 0 Å². The van der Waals surface area contributed by atoms with Crippen LogP contribution >= 0.6 is 0 Å². The Morgan fingerprint density at radius 1 is 1.05 bits per heavy atom. The zero-order valence-electron chi connectivity index (χ0n) is 10.2. The van der Waals surface area contributed by atoms with Gasteiger partial charge in [-0.3, -0.25) is 4.79 Å². The Bertz CT molecular complexity index is 718. The van der Waals surface area contributed by atoms with Crippen molar-refractivity contribution in [3.8, 4) is 28.4 Å². The molecule has 0 saturated heterocycles. The SMILES string of the molecule is COc1ccc2c(c1)C(=O)c1c-2ccc2c1OCO2. The molecule has 94 valence electrons. The van der Waals surface area contributed by atoms with Crippen LogP contribution in [0.4, 0.5) is 0 Å². The molecule has 2 aromatic rings. The quantitative estimate of drug-likeness (QED) is 0.669. The minimum absolute atomic E-state index is 0.0359. The van der Waals surface area contributed by atoms with Gasteiger partial charge < -0.3 is 14.2 Å². The highest BCUT2D eigenvalue weighted by molar-refractivity contribution is 6.23. The number of benzene rings is 2. The maximum atomic E-state index is 12.5. The van der Waals surface area contributed by atoms with Gasteiger partial charge in [0.25, 0.3) is 0 Å². The van der Waals surface area contributed by atoms with Gasteiger partial charge in [0.15, 0.2) is 17.3 Å². The molecule has 0 aromatic heterocycles. The molecule has 4 rings (SSSR count). The predicted molar refractivity (Wildman–Crippen MR) is 68.0 cm³/mol. The molecule has 1 aliphatic heterocycles. The number of hydrogen-bond acceptors (Lipinski definition) is 4. The third-order valence-electron chi connectivity index (χ3n) is 3.53. The molecule has 0 spiro atoms. The number of hydrogen-bond donors (Lipinski definition) is 0. The van der Waals surface area contributed by atoms with Crippen LogP contribution in [-0.4, -0.2) is 19.7 Å². The van der Waals surface area contributed by atoms with Gasteiger partial charge in [0.1, 0.15) is 5.75 Å². The fourth-order valence-electron chi connectivity index (χ4n) is 2.63. The van der Waals surface area contributed by atoms with Gasteiger partial charge in [0, 0.05) is 5.56 Å². The summed E-state index contributed by atoms with van der Waals surface area (Å²) >= 11 is 0. The standard InChI is InChI=1S/C15H10O4/c1-17-8-2-3-9-10-4-5-12-15(19-7-18-12)13(10)14(16)11(9)6-8/h2-6H,7H2,1H3. The third kappa shape index (κ3) is 1.25. The summed E-state index contributed by atoms with van der Waals surface area (Å²) in [7, 11) is 1.59. The molecule has 19 heavy (non-hydrogen) atoms. The highest BCUT2D eigenvalue weighted by Crippen LogP contribution is 2.47. The molecule has 2 aromatic carbocycles. The predicted octanol–water partition coefficient (Wildman–Crippen LogP) is 2.64. The van der Waals surface area contributed by atoms with Gasteiger partial charge in [-0.2, -0.15) is 0 Å². The van der Waals surface area contributed by atoms with Crippen LogP contribution in [0.5, 0.6) is 17.2 Å². The summed E-state index contributed by atoms with van der Waals surface area (Å²) in [6.45, 7) is 0.165. The van der Waals surface area contributed by atoms with Crippen LogP contribution in [0.25, 0.3) is 11.1 Å². The van der Waals surface area contributed by atoms with E-state index in [4.69, 9.17) is 14.2 Å². The molecule has 4 nitrogen and oxygen atoms in total. The van der Waals surface area contributed by atoms with E-state index in [-0.39, 0.29) is 12.6 Å². The van der Waals surface area contributed by atoms with Gasteiger partial charge in [-0.15, -0.1) is 0 Å². The van der Waals surface area contributed by atoms with Crippen molar-refractivity contribution >= 4 is 5.78 Å². The van der Waals surface area contributed by atoms with Crippen LogP contribution in [0, 0.1) is 0 Å². The summed E-state index contributed by atoms with van der Waals surface area (Å²) in [4.78, 5) is 12.5. The van der Waals surface area contributed by atoms with E-state index < -0.39 is 0 Å². The summed E-state index contributed by atoms with van der Waals surface area (Å²) < 4.78 is 15.9. The topological polar surface area (TPSA) is 44.8 Å². The van der Waals surface area contributed by atoms with Gasteiger partial charge in [-0.25, -0.2) is 0 Å². The maximum absolute atomic E-state index is 12.5. The first-order valence-electron chi connectivity index (χ1n) is 5.95. The van der Waals surface area contributed by atoms with E-state index in [2.05, 4.69) is 0 Å². The second kappa shape index (κ2) is 3.51. The third-order valence-corrected chi connectivity index (χ3v) is 3.53. The van der Waals surface area contributed by atoms with Gasteiger partial charge in [-0.1, -0.05) is 0 Å². The van der Waals surface area contributed by atoms with Crippen LogP contribution in [0.15, 0.2) is 30.3 Å². The molecule has 0 fully saturated rings. The second-order valence-corrected chi connectivity index (χ2v) is 4.46. The summed E-state index contributed by atoms with van der Waals surface area (Å²) in [6, 6.07) is 9.26. The maximum Gasteiger partial charge on any atom is 0.231 e. The lowest BCUT2D eigenvalue weighted by atomic mass is 10.1. The highest BCUT2D eigenvalue weighted by Gasteiger charge is 2.34. The second-order valence-electron chi connectivity index (χ2n) is 4.46. The van der Waals surface area contributed by atoms with Gasteiger partial charge in [-0.05, 0) is 41.5 Å². The lowest BCUT2D eigenvalue weighted by molar-refractivity contribution is 0.103. The van der Waals surface area contributed by atoms with E-state index in [0.29, 0.717) is 28.4 Å². The molecule has 2 aliphatic rings. The van der Waals surface area contributed by atoms with Crippen molar-refractivity contribution in [2.45, 2.75) is 0 Å². The summed E-state index contributed by atoms with van der Waals surface area (Å²) in [5.74, 6) is 1.82. The van der Waals surface area contributed by atoms with E-state index in [0.717, 1.165) is 11.1 Å². The Labute approximate surface area is 109 Å². The van der Waals surface area contributed by atoms with Crippen LogP contribution in [0.2, 0.25) is 0 Å². The van der Waals surface area contributed by atoms with E-state index in [1.54, 1.807) is 13.2 Å². The number of fused-ring (bicyclic) bond motifs is 5. The smallest absolute Gasteiger partial charge is 0.231 e. The number of methoxy groups -OCH3 is 1. The van der Waals surface area contributed by atoms with Crippen LogP contribution in [0.1, 0.15) is 15.9 Å². The minimum atomic E-state index is -0.0359. The summed E-state index contributed by atoms with van der Waals surface area (Å²) in [5, 5.41) is 0. The van der Waals surface area contributed by atoms with E-state index >= 15 is 0 Å². The van der Waals surface area contributed by atoms with Crippen molar-refractivity contribution in [1.29, 1.82) is 0 Å². The Hall–Kier alpha value is -2.49. The molecule has 0 amide bonds. The van der Waals surface area contributed by atoms with Crippen molar-refractivity contribution in [2.24, 2.45) is 0 Å². The number of carbonyl (C=O) groups excluding carboxylic acids is 1. The average molecular weight is 254 g/mol.